The van der Waals surface area contributed by atoms with E-state index in [0.717, 1.165) is 23.9 Å². The van der Waals surface area contributed by atoms with Gasteiger partial charge in [0.15, 0.2) is 0 Å². The van der Waals surface area contributed by atoms with Crippen LogP contribution in [0.3, 0.4) is 0 Å². The van der Waals surface area contributed by atoms with Gasteiger partial charge in [-0.15, -0.1) is 0 Å². The van der Waals surface area contributed by atoms with Crippen LogP contribution < -0.4 is 5.32 Å². The molecule has 2 unspecified atom stereocenters. The molecule has 0 amide bonds. The van der Waals surface area contributed by atoms with Crippen LogP contribution in [0.5, 0.6) is 0 Å². The lowest BCUT2D eigenvalue weighted by molar-refractivity contribution is -0.0628. The molecule has 4 heteroatoms. The van der Waals surface area contributed by atoms with Crippen LogP contribution in [-0.4, -0.2) is 29.8 Å². The lowest BCUT2D eigenvalue weighted by Crippen LogP contribution is -2.44. The Hall–Kier alpha value is -0.190. The average molecular weight is 342 g/mol. The Morgan fingerprint density at radius 1 is 1.42 bits per heavy atom. The van der Waals surface area contributed by atoms with Crippen molar-refractivity contribution in [2.24, 2.45) is 0 Å². The number of benzene rings is 1. The van der Waals surface area contributed by atoms with E-state index in [1.807, 2.05) is 11.8 Å². The second kappa shape index (κ2) is 5.66. The molecule has 2 heterocycles. The third-order valence-corrected chi connectivity index (χ3v) is 5.65. The third-order valence-electron chi connectivity index (χ3n) is 3.97. The molecule has 2 fully saturated rings. The number of aryl methyl sites for hydroxylation is 1. The van der Waals surface area contributed by atoms with Gasteiger partial charge in [-0.1, -0.05) is 15.9 Å². The van der Waals surface area contributed by atoms with Crippen LogP contribution in [0.15, 0.2) is 22.7 Å². The molecule has 2 aliphatic heterocycles. The van der Waals surface area contributed by atoms with Gasteiger partial charge in [0, 0.05) is 28.6 Å². The summed E-state index contributed by atoms with van der Waals surface area (Å²) in [6.07, 6.45) is 3.47. The Bertz CT molecular complexity index is 439. The summed E-state index contributed by atoms with van der Waals surface area (Å²) in [4.78, 5) is 0. The van der Waals surface area contributed by atoms with Crippen molar-refractivity contribution < 1.29 is 4.74 Å². The predicted molar refractivity (Wildman–Crippen MR) is 86.1 cm³/mol. The summed E-state index contributed by atoms with van der Waals surface area (Å²) in [7, 11) is 0. The van der Waals surface area contributed by atoms with E-state index in [1.165, 1.54) is 29.2 Å². The SMILES string of the molecule is Cc1cc(Br)cc(NC2CCOC3(CCSC3)C2)c1. The fourth-order valence-corrected chi connectivity index (χ4v) is 5.06. The van der Waals surface area contributed by atoms with Crippen molar-refractivity contribution in [2.45, 2.75) is 37.8 Å². The first-order valence-electron chi connectivity index (χ1n) is 6.91. The van der Waals surface area contributed by atoms with Gasteiger partial charge in [0.25, 0.3) is 0 Å². The van der Waals surface area contributed by atoms with Gasteiger partial charge in [-0.05, 0) is 55.7 Å². The number of nitrogens with one attached hydrogen (secondary N) is 1. The molecule has 0 bridgehead atoms. The van der Waals surface area contributed by atoms with E-state index in [-0.39, 0.29) is 5.60 Å². The third kappa shape index (κ3) is 3.29. The summed E-state index contributed by atoms with van der Waals surface area (Å²) in [5, 5.41) is 3.69. The van der Waals surface area contributed by atoms with Gasteiger partial charge in [0.2, 0.25) is 0 Å². The number of halogens is 1. The van der Waals surface area contributed by atoms with Gasteiger partial charge < -0.3 is 10.1 Å². The molecule has 2 nitrogen and oxygen atoms in total. The maximum atomic E-state index is 6.07. The highest BCUT2D eigenvalue weighted by atomic mass is 79.9. The zero-order chi connectivity index (χ0) is 13.3. The standard InChI is InChI=1S/C15H20BrNOS/c1-11-6-12(16)8-14(7-11)17-13-2-4-18-15(9-13)3-5-19-10-15/h6-8,13,17H,2-5,9-10H2,1H3. The molecule has 2 aliphatic rings. The van der Waals surface area contributed by atoms with Crippen molar-refractivity contribution in [3.8, 4) is 0 Å². The van der Waals surface area contributed by atoms with Crippen LogP contribution >= 0.6 is 27.7 Å². The minimum absolute atomic E-state index is 0.154. The maximum absolute atomic E-state index is 6.07. The zero-order valence-corrected chi connectivity index (χ0v) is 13.6. The Labute approximate surface area is 127 Å². The smallest absolute Gasteiger partial charge is 0.0799 e. The van der Waals surface area contributed by atoms with Crippen LogP contribution in [0.1, 0.15) is 24.8 Å². The molecular formula is C15H20BrNOS. The van der Waals surface area contributed by atoms with Crippen LogP contribution in [0, 0.1) is 6.92 Å². The average Bonchev–Trinajstić information content (AvgIpc) is 2.76. The fraction of sp³-hybridized carbons (Fsp3) is 0.600. The number of hydrogen-bond acceptors (Lipinski definition) is 3. The molecule has 0 saturated carbocycles. The number of rotatable bonds is 2. The van der Waals surface area contributed by atoms with Gasteiger partial charge in [-0.2, -0.15) is 11.8 Å². The largest absolute Gasteiger partial charge is 0.382 e. The highest BCUT2D eigenvalue weighted by molar-refractivity contribution is 9.10. The van der Waals surface area contributed by atoms with E-state index >= 15 is 0 Å². The van der Waals surface area contributed by atoms with Crippen molar-refractivity contribution in [2.75, 3.05) is 23.4 Å². The Kier molecular flexibility index (Phi) is 4.11. The number of thioether (sulfide) groups is 1. The number of hydrogen-bond donors (Lipinski definition) is 1. The number of anilines is 1. The highest BCUT2D eigenvalue weighted by Crippen LogP contribution is 2.39. The van der Waals surface area contributed by atoms with Crippen LogP contribution in [0.2, 0.25) is 0 Å². The summed E-state index contributed by atoms with van der Waals surface area (Å²) in [5.74, 6) is 2.42. The van der Waals surface area contributed by atoms with Gasteiger partial charge in [-0.25, -0.2) is 0 Å². The monoisotopic (exact) mass is 341 g/mol. The molecule has 0 radical (unpaired) electrons. The molecule has 1 aromatic carbocycles. The van der Waals surface area contributed by atoms with E-state index in [0.29, 0.717) is 6.04 Å². The van der Waals surface area contributed by atoms with E-state index in [9.17, 15) is 0 Å². The molecule has 1 N–H and O–H groups in total. The number of ether oxygens (including phenoxy) is 1. The summed E-state index contributed by atoms with van der Waals surface area (Å²) >= 11 is 5.60. The Morgan fingerprint density at radius 3 is 3.05 bits per heavy atom. The second-order valence-electron chi connectivity index (χ2n) is 5.69. The van der Waals surface area contributed by atoms with Crippen molar-refractivity contribution in [3.63, 3.8) is 0 Å². The second-order valence-corrected chi connectivity index (χ2v) is 7.71. The first-order chi connectivity index (χ1) is 9.15. The summed E-state index contributed by atoms with van der Waals surface area (Å²) in [6.45, 7) is 3.03. The maximum Gasteiger partial charge on any atom is 0.0799 e. The molecule has 0 aliphatic carbocycles. The van der Waals surface area contributed by atoms with Crippen molar-refractivity contribution in [3.05, 3.63) is 28.2 Å². The van der Waals surface area contributed by atoms with Gasteiger partial charge in [0.1, 0.15) is 0 Å². The van der Waals surface area contributed by atoms with E-state index in [2.05, 4.69) is 46.4 Å². The van der Waals surface area contributed by atoms with E-state index in [1.54, 1.807) is 0 Å². The normalized spacial score (nSPS) is 30.7. The molecule has 104 valence electrons. The molecule has 3 rings (SSSR count). The van der Waals surface area contributed by atoms with Gasteiger partial charge >= 0.3 is 0 Å². The molecule has 19 heavy (non-hydrogen) atoms. The highest BCUT2D eigenvalue weighted by Gasteiger charge is 2.40. The van der Waals surface area contributed by atoms with E-state index in [4.69, 9.17) is 4.74 Å². The lowest BCUT2D eigenvalue weighted by atomic mass is 9.89. The predicted octanol–water partition coefficient (Wildman–Crippen LogP) is 4.22. The first kappa shape index (κ1) is 13.8. The quantitative estimate of drug-likeness (QED) is 0.869. The van der Waals surface area contributed by atoms with Gasteiger partial charge in [-0.3, -0.25) is 0 Å². The minimum atomic E-state index is 0.154. The van der Waals surface area contributed by atoms with Crippen molar-refractivity contribution >= 4 is 33.4 Å². The zero-order valence-electron chi connectivity index (χ0n) is 11.2. The summed E-state index contributed by atoms with van der Waals surface area (Å²) in [6, 6.07) is 7.07. The lowest BCUT2D eigenvalue weighted by Gasteiger charge is -2.38. The van der Waals surface area contributed by atoms with Crippen LogP contribution in [-0.2, 0) is 4.74 Å². The van der Waals surface area contributed by atoms with Crippen molar-refractivity contribution in [1.29, 1.82) is 0 Å². The van der Waals surface area contributed by atoms with E-state index < -0.39 is 0 Å². The molecule has 2 saturated heterocycles. The van der Waals surface area contributed by atoms with Crippen molar-refractivity contribution in [1.82, 2.24) is 0 Å². The summed E-state index contributed by atoms with van der Waals surface area (Å²) in [5.41, 5.74) is 2.66. The topological polar surface area (TPSA) is 21.3 Å². The fourth-order valence-electron chi connectivity index (χ4n) is 3.07. The van der Waals surface area contributed by atoms with Crippen LogP contribution in [0.4, 0.5) is 5.69 Å². The Morgan fingerprint density at radius 2 is 2.32 bits per heavy atom. The Balaban J connectivity index is 1.69. The molecule has 1 aromatic rings. The van der Waals surface area contributed by atoms with Crippen LogP contribution in [0.25, 0.3) is 0 Å². The van der Waals surface area contributed by atoms with Gasteiger partial charge in [0.05, 0.1) is 5.60 Å². The molecule has 2 atom stereocenters. The molecule has 1 spiro atoms. The first-order valence-corrected chi connectivity index (χ1v) is 8.85. The molecule has 0 aromatic heterocycles. The minimum Gasteiger partial charge on any atom is -0.382 e. The molecular weight excluding hydrogens is 322 g/mol. The summed E-state index contributed by atoms with van der Waals surface area (Å²) < 4.78 is 7.22.